The zero-order valence-electron chi connectivity index (χ0n) is 14.5. The van der Waals surface area contributed by atoms with Gasteiger partial charge < -0.3 is 15.8 Å². The molecule has 0 aromatic heterocycles. The van der Waals surface area contributed by atoms with Gasteiger partial charge in [-0.05, 0) is 38.3 Å². The number of hydrogen-bond acceptors (Lipinski definition) is 5. The van der Waals surface area contributed by atoms with Gasteiger partial charge in [0.05, 0.1) is 7.11 Å². The molecule has 0 radical (unpaired) electrons. The maximum Gasteiger partial charge on any atom is 0.246 e. The van der Waals surface area contributed by atoms with E-state index >= 15 is 0 Å². The van der Waals surface area contributed by atoms with Crippen LogP contribution in [0, 0.1) is 0 Å². The number of hydrogen-bond donors (Lipinski definition) is 2. The summed E-state index contributed by atoms with van der Waals surface area (Å²) < 4.78 is 32.0. The van der Waals surface area contributed by atoms with Crippen molar-refractivity contribution in [2.75, 3.05) is 25.5 Å². The first kappa shape index (κ1) is 21.7. The molecule has 7 nitrogen and oxygen atoms in total. The van der Waals surface area contributed by atoms with Gasteiger partial charge in [-0.3, -0.25) is 4.79 Å². The summed E-state index contributed by atoms with van der Waals surface area (Å²) in [6.45, 7) is 2.90. The minimum absolute atomic E-state index is 0. The smallest absolute Gasteiger partial charge is 0.246 e. The molecule has 2 rings (SSSR count). The Labute approximate surface area is 155 Å². The summed E-state index contributed by atoms with van der Waals surface area (Å²) in [5, 5.41) is 2.74. The van der Waals surface area contributed by atoms with E-state index in [4.69, 9.17) is 10.5 Å². The molecule has 0 spiro atoms. The quantitative estimate of drug-likeness (QED) is 0.739. The molecule has 25 heavy (non-hydrogen) atoms. The van der Waals surface area contributed by atoms with Crippen LogP contribution in [0.15, 0.2) is 23.1 Å². The van der Waals surface area contributed by atoms with Gasteiger partial charge in [0, 0.05) is 37.3 Å². The Morgan fingerprint density at radius 1 is 1.36 bits per heavy atom. The fourth-order valence-corrected chi connectivity index (χ4v) is 4.26. The van der Waals surface area contributed by atoms with Crippen molar-refractivity contribution in [3.05, 3.63) is 18.2 Å². The number of carbonyl (C=O) groups is 1. The minimum atomic E-state index is -3.57. The Bertz CT molecular complexity index is 689. The number of nitrogens with two attached hydrogens (primary N) is 1. The lowest BCUT2D eigenvalue weighted by Gasteiger charge is -2.18. The lowest BCUT2D eigenvalue weighted by Crippen LogP contribution is -2.28. The topological polar surface area (TPSA) is 102 Å². The van der Waals surface area contributed by atoms with E-state index in [2.05, 4.69) is 5.32 Å². The molecular formula is C16H26ClN3O4S. The fourth-order valence-electron chi connectivity index (χ4n) is 2.61. The summed E-state index contributed by atoms with van der Waals surface area (Å²) in [6, 6.07) is 4.55. The van der Waals surface area contributed by atoms with Crippen molar-refractivity contribution in [2.45, 2.75) is 43.5 Å². The number of nitrogens with zero attached hydrogens (tertiary/aromatic N) is 1. The molecule has 0 saturated carbocycles. The molecule has 1 amide bonds. The van der Waals surface area contributed by atoms with Crippen LogP contribution in [0.1, 0.15) is 32.6 Å². The molecule has 1 fully saturated rings. The van der Waals surface area contributed by atoms with Crippen molar-refractivity contribution in [2.24, 2.45) is 5.73 Å². The molecule has 1 atom stereocenters. The molecule has 1 heterocycles. The van der Waals surface area contributed by atoms with Crippen molar-refractivity contribution >= 4 is 34.0 Å². The number of halogens is 1. The van der Waals surface area contributed by atoms with Gasteiger partial charge in [0.1, 0.15) is 10.6 Å². The third kappa shape index (κ3) is 5.57. The zero-order valence-corrected chi connectivity index (χ0v) is 16.2. The second-order valence-electron chi connectivity index (χ2n) is 6.04. The summed E-state index contributed by atoms with van der Waals surface area (Å²) in [5.41, 5.74) is 6.14. The first-order valence-corrected chi connectivity index (χ1v) is 9.52. The van der Waals surface area contributed by atoms with Crippen LogP contribution in [0.2, 0.25) is 0 Å². The summed E-state index contributed by atoms with van der Waals surface area (Å²) in [4.78, 5) is 12.0. The molecule has 0 aliphatic carbocycles. The molecule has 142 valence electrons. The van der Waals surface area contributed by atoms with Crippen LogP contribution in [-0.4, -0.2) is 44.9 Å². The van der Waals surface area contributed by atoms with Crippen molar-refractivity contribution in [3.63, 3.8) is 0 Å². The number of methoxy groups -OCH3 is 1. The van der Waals surface area contributed by atoms with Crippen LogP contribution in [-0.2, 0) is 14.8 Å². The number of ether oxygens (including phenoxy) is 1. The van der Waals surface area contributed by atoms with Crippen LogP contribution in [0.3, 0.4) is 0 Å². The highest BCUT2D eigenvalue weighted by Crippen LogP contribution is 2.31. The molecule has 3 N–H and O–H groups in total. The summed E-state index contributed by atoms with van der Waals surface area (Å²) in [7, 11) is -2.15. The van der Waals surface area contributed by atoms with Crippen LogP contribution >= 0.6 is 12.4 Å². The minimum Gasteiger partial charge on any atom is -0.495 e. The van der Waals surface area contributed by atoms with Gasteiger partial charge in [-0.15, -0.1) is 12.4 Å². The summed E-state index contributed by atoms with van der Waals surface area (Å²) >= 11 is 0. The molecule has 1 saturated heterocycles. The Balaban J connectivity index is 0.00000312. The van der Waals surface area contributed by atoms with Gasteiger partial charge in [0.25, 0.3) is 0 Å². The lowest BCUT2D eigenvalue weighted by atomic mass is 10.2. The number of benzene rings is 1. The Morgan fingerprint density at radius 3 is 2.56 bits per heavy atom. The molecule has 1 aromatic rings. The number of amides is 1. The highest BCUT2D eigenvalue weighted by Gasteiger charge is 2.30. The highest BCUT2D eigenvalue weighted by atomic mass is 35.5. The average molecular weight is 392 g/mol. The van der Waals surface area contributed by atoms with Crippen molar-refractivity contribution in [1.82, 2.24) is 4.31 Å². The van der Waals surface area contributed by atoms with E-state index in [9.17, 15) is 13.2 Å². The summed E-state index contributed by atoms with van der Waals surface area (Å²) in [6.07, 6.45) is 2.64. The van der Waals surface area contributed by atoms with E-state index in [-0.39, 0.29) is 35.0 Å². The van der Waals surface area contributed by atoms with Gasteiger partial charge >= 0.3 is 0 Å². The highest BCUT2D eigenvalue weighted by molar-refractivity contribution is 7.89. The number of rotatable bonds is 7. The molecule has 1 unspecified atom stereocenters. The first-order chi connectivity index (χ1) is 11.3. The van der Waals surface area contributed by atoms with Crippen LogP contribution in [0.4, 0.5) is 5.69 Å². The van der Waals surface area contributed by atoms with Gasteiger partial charge in [-0.25, -0.2) is 8.42 Å². The molecule has 1 aliphatic rings. The SMILES string of the molecule is COc1cc(NC(=O)CCC(C)N)ccc1S(=O)(=O)N1CCCC1.Cl. The van der Waals surface area contributed by atoms with E-state index in [1.54, 1.807) is 6.07 Å². The van der Waals surface area contributed by atoms with E-state index in [1.807, 2.05) is 6.92 Å². The third-order valence-electron chi connectivity index (χ3n) is 3.96. The van der Waals surface area contributed by atoms with Gasteiger partial charge in [-0.2, -0.15) is 4.31 Å². The number of nitrogens with one attached hydrogen (secondary N) is 1. The Hall–Kier alpha value is -1.35. The molecule has 0 bridgehead atoms. The number of carbonyl (C=O) groups excluding carboxylic acids is 1. The zero-order chi connectivity index (χ0) is 17.7. The fraction of sp³-hybridized carbons (Fsp3) is 0.562. The van der Waals surface area contributed by atoms with Gasteiger partial charge in [0.15, 0.2) is 0 Å². The number of sulfonamides is 1. The van der Waals surface area contributed by atoms with E-state index in [0.717, 1.165) is 12.8 Å². The maximum absolute atomic E-state index is 12.7. The van der Waals surface area contributed by atoms with Crippen LogP contribution < -0.4 is 15.8 Å². The standard InChI is InChI=1S/C16H25N3O4S.ClH/c1-12(17)5-8-16(20)18-13-6-7-15(14(11-13)23-2)24(21,22)19-9-3-4-10-19;/h6-7,11-12H,3-5,8-10,17H2,1-2H3,(H,18,20);1H. The maximum atomic E-state index is 12.7. The second-order valence-corrected chi connectivity index (χ2v) is 7.95. The van der Waals surface area contributed by atoms with Crippen molar-refractivity contribution in [3.8, 4) is 5.75 Å². The van der Waals surface area contributed by atoms with E-state index in [0.29, 0.717) is 31.6 Å². The molecule has 1 aliphatic heterocycles. The van der Waals surface area contributed by atoms with E-state index in [1.165, 1.54) is 23.5 Å². The largest absolute Gasteiger partial charge is 0.495 e. The van der Waals surface area contributed by atoms with Crippen molar-refractivity contribution < 1.29 is 17.9 Å². The van der Waals surface area contributed by atoms with E-state index < -0.39 is 10.0 Å². The monoisotopic (exact) mass is 391 g/mol. The predicted molar refractivity (Wildman–Crippen MR) is 99.7 cm³/mol. The number of anilines is 1. The molecule has 9 heteroatoms. The normalized spacial score (nSPS) is 16.1. The van der Waals surface area contributed by atoms with Crippen LogP contribution in [0.5, 0.6) is 5.75 Å². The Kier molecular flexibility index (Phi) is 8.14. The lowest BCUT2D eigenvalue weighted by molar-refractivity contribution is -0.116. The van der Waals surface area contributed by atoms with Gasteiger partial charge in [0.2, 0.25) is 15.9 Å². The molecule has 1 aromatic carbocycles. The van der Waals surface area contributed by atoms with Crippen molar-refractivity contribution in [1.29, 1.82) is 0 Å². The predicted octanol–water partition coefficient (Wildman–Crippen LogP) is 1.97. The molecular weight excluding hydrogens is 366 g/mol. The average Bonchev–Trinajstić information content (AvgIpc) is 3.08. The Morgan fingerprint density at radius 2 is 2.00 bits per heavy atom. The third-order valence-corrected chi connectivity index (χ3v) is 5.90. The van der Waals surface area contributed by atoms with Crippen LogP contribution in [0.25, 0.3) is 0 Å². The second kappa shape index (κ2) is 9.38. The van der Waals surface area contributed by atoms with Gasteiger partial charge in [-0.1, -0.05) is 0 Å². The summed E-state index contributed by atoms with van der Waals surface area (Å²) in [5.74, 6) is 0.0661. The first-order valence-electron chi connectivity index (χ1n) is 8.08.